The standard InChI is InChI=1S/C15H14ClNOS/c16-13-8-6-12(7-9-13)10-11-17-15(18)19-14-4-2-1-3-5-14/h1-9H,10-11H2,(H,17,18). The molecule has 19 heavy (non-hydrogen) atoms. The van der Waals surface area contributed by atoms with Gasteiger partial charge in [-0.15, -0.1) is 0 Å². The fourth-order valence-corrected chi connectivity index (χ4v) is 2.40. The van der Waals surface area contributed by atoms with E-state index in [1.54, 1.807) is 0 Å². The van der Waals surface area contributed by atoms with Crippen LogP contribution < -0.4 is 5.32 Å². The van der Waals surface area contributed by atoms with Gasteiger partial charge in [-0.3, -0.25) is 4.79 Å². The summed E-state index contributed by atoms with van der Waals surface area (Å²) in [4.78, 5) is 12.6. The zero-order valence-corrected chi connectivity index (χ0v) is 11.9. The molecule has 0 heterocycles. The highest BCUT2D eigenvalue weighted by Crippen LogP contribution is 2.17. The van der Waals surface area contributed by atoms with Crippen molar-refractivity contribution in [2.24, 2.45) is 0 Å². The van der Waals surface area contributed by atoms with Crippen LogP contribution in [0.15, 0.2) is 59.5 Å². The molecule has 0 aliphatic carbocycles. The Bertz CT molecular complexity index is 528. The Morgan fingerprint density at radius 2 is 1.74 bits per heavy atom. The summed E-state index contributed by atoms with van der Waals surface area (Å²) < 4.78 is 0. The van der Waals surface area contributed by atoms with Crippen LogP contribution in [0.25, 0.3) is 0 Å². The Labute approximate surface area is 122 Å². The minimum Gasteiger partial charge on any atom is -0.346 e. The summed E-state index contributed by atoms with van der Waals surface area (Å²) >= 11 is 7.02. The molecule has 0 unspecified atom stereocenters. The Morgan fingerprint density at radius 3 is 2.42 bits per heavy atom. The molecular weight excluding hydrogens is 278 g/mol. The van der Waals surface area contributed by atoms with Gasteiger partial charge in [-0.2, -0.15) is 0 Å². The van der Waals surface area contributed by atoms with E-state index >= 15 is 0 Å². The molecule has 2 aromatic rings. The summed E-state index contributed by atoms with van der Waals surface area (Å²) in [6.07, 6.45) is 0.804. The monoisotopic (exact) mass is 291 g/mol. The molecule has 0 spiro atoms. The van der Waals surface area contributed by atoms with Gasteiger partial charge in [0.2, 0.25) is 0 Å². The molecule has 2 nitrogen and oxygen atoms in total. The average molecular weight is 292 g/mol. The normalized spacial score (nSPS) is 10.2. The molecule has 0 aromatic heterocycles. The van der Waals surface area contributed by atoms with Crippen molar-refractivity contribution in [2.75, 3.05) is 6.54 Å². The van der Waals surface area contributed by atoms with Gasteiger partial charge in [0.15, 0.2) is 0 Å². The van der Waals surface area contributed by atoms with Crippen LogP contribution in [-0.4, -0.2) is 11.8 Å². The van der Waals surface area contributed by atoms with Crippen molar-refractivity contribution in [1.29, 1.82) is 0 Å². The zero-order valence-electron chi connectivity index (χ0n) is 10.3. The van der Waals surface area contributed by atoms with E-state index in [2.05, 4.69) is 5.32 Å². The molecule has 0 fully saturated rings. The second-order valence-electron chi connectivity index (χ2n) is 4.01. The number of hydrogen-bond donors (Lipinski definition) is 1. The van der Waals surface area contributed by atoms with E-state index in [1.165, 1.54) is 11.8 Å². The number of thioether (sulfide) groups is 1. The summed E-state index contributed by atoms with van der Waals surface area (Å²) in [5, 5.41) is 3.59. The molecule has 98 valence electrons. The molecule has 0 saturated heterocycles. The van der Waals surface area contributed by atoms with Gasteiger partial charge in [-0.05, 0) is 48.0 Å². The number of carbonyl (C=O) groups excluding carboxylic acids is 1. The minimum atomic E-state index is -0.0276. The van der Waals surface area contributed by atoms with Crippen LogP contribution in [0.5, 0.6) is 0 Å². The Kier molecular flexibility index (Phi) is 5.31. The Hall–Kier alpha value is -1.45. The molecule has 0 radical (unpaired) electrons. The van der Waals surface area contributed by atoms with E-state index in [1.807, 2.05) is 54.6 Å². The first-order chi connectivity index (χ1) is 9.24. The molecular formula is C15H14ClNOS. The first-order valence-electron chi connectivity index (χ1n) is 5.99. The molecule has 4 heteroatoms. The molecule has 2 aromatic carbocycles. The second kappa shape index (κ2) is 7.22. The molecule has 0 saturated carbocycles. The summed E-state index contributed by atoms with van der Waals surface area (Å²) in [7, 11) is 0. The molecule has 1 amide bonds. The molecule has 2 rings (SSSR count). The number of halogens is 1. The predicted molar refractivity (Wildman–Crippen MR) is 80.9 cm³/mol. The molecule has 0 atom stereocenters. The average Bonchev–Trinajstić information content (AvgIpc) is 2.42. The number of nitrogens with one attached hydrogen (secondary N) is 1. The Morgan fingerprint density at radius 1 is 1.05 bits per heavy atom. The van der Waals surface area contributed by atoms with Crippen LogP contribution >= 0.6 is 23.4 Å². The van der Waals surface area contributed by atoms with Gasteiger partial charge in [-0.1, -0.05) is 41.9 Å². The van der Waals surface area contributed by atoms with E-state index < -0.39 is 0 Å². The van der Waals surface area contributed by atoms with Crippen molar-refractivity contribution in [2.45, 2.75) is 11.3 Å². The van der Waals surface area contributed by atoms with Crippen molar-refractivity contribution in [1.82, 2.24) is 5.32 Å². The van der Waals surface area contributed by atoms with Gasteiger partial charge in [0.25, 0.3) is 5.24 Å². The fraction of sp³-hybridized carbons (Fsp3) is 0.133. The topological polar surface area (TPSA) is 29.1 Å². The van der Waals surface area contributed by atoms with E-state index in [9.17, 15) is 4.79 Å². The van der Waals surface area contributed by atoms with Gasteiger partial charge in [0, 0.05) is 16.5 Å². The number of carbonyl (C=O) groups is 1. The van der Waals surface area contributed by atoms with Crippen LogP contribution in [0, 0.1) is 0 Å². The van der Waals surface area contributed by atoms with Gasteiger partial charge in [0.1, 0.15) is 0 Å². The number of rotatable bonds is 4. The highest BCUT2D eigenvalue weighted by Gasteiger charge is 2.03. The van der Waals surface area contributed by atoms with Gasteiger partial charge >= 0.3 is 0 Å². The third-order valence-corrected chi connectivity index (χ3v) is 3.64. The van der Waals surface area contributed by atoms with Crippen molar-refractivity contribution in [3.05, 3.63) is 65.2 Å². The lowest BCUT2D eigenvalue weighted by Gasteiger charge is -2.05. The summed E-state index contributed by atoms with van der Waals surface area (Å²) in [6.45, 7) is 0.625. The van der Waals surface area contributed by atoms with Crippen LogP contribution in [0.3, 0.4) is 0 Å². The smallest absolute Gasteiger partial charge is 0.283 e. The van der Waals surface area contributed by atoms with E-state index in [-0.39, 0.29) is 5.24 Å². The molecule has 0 bridgehead atoms. The van der Waals surface area contributed by atoms with Gasteiger partial charge < -0.3 is 5.32 Å². The van der Waals surface area contributed by atoms with Gasteiger partial charge in [0.05, 0.1) is 0 Å². The van der Waals surface area contributed by atoms with Crippen molar-refractivity contribution in [3.63, 3.8) is 0 Å². The summed E-state index contributed by atoms with van der Waals surface area (Å²) in [6, 6.07) is 17.3. The largest absolute Gasteiger partial charge is 0.346 e. The highest BCUT2D eigenvalue weighted by molar-refractivity contribution is 8.13. The fourth-order valence-electron chi connectivity index (χ4n) is 1.59. The maximum Gasteiger partial charge on any atom is 0.283 e. The lowest BCUT2D eigenvalue weighted by molar-refractivity contribution is 0.261. The van der Waals surface area contributed by atoms with E-state index in [0.29, 0.717) is 6.54 Å². The molecule has 0 aliphatic rings. The Balaban J connectivity index is 1.74. The van der Waals surface area contributed by atoms with Crippen LogP contribution in [-0.2, 0) is 6.42 Å². The first kappa shape index (κ1) is 14.0. The molecule has 1 N–H and O–H groups in total. The van der Waals surface area contributed by atoms with Crippen LogP contribution in [0.2, 0.25) is 5.02 Å². The lowest BCUT2D eigenvalue weighted by Crippen LogP contribution is -2.21. The predicted octanol–water partition coefficient (Wildman–Crippen LogP) is 4.38. The minimum absolute atomic E-state index is 0.0276. The van der Waals surface area contributed by atoms with Gasteiger partial charge in [-0.25, -0.2) is 0 Å². The lowest BCUT2D eigenvalue weighted by atomic mass is 10.1. The maximum absolute atomic E-state index is 11.7. The van der Waals surface area contributed by atoms with E-state index in [0.717, 1.165) is 21.9 Å². The third kappa shape index (κ3) is 4.97. The van der Waals surface area contributed by atoms with Crippen molar-refractivity contribution in [3.8, 4) is 0 Å². The number of hydrogen-bond acceptors (Lipinski definition) is 2. The maximum atomic E-state index is 11.7. The first-order valence-corrected chi connectivity index (χ1v) is 7.18. The second-order valence-corrected chi connectivity index (χ2v) is 5.49. The zero-order chi connectivity index (χ0) is 13.5. The summed E-state index contributed by atoms with van der Waals surface area (Å²) in [5.41, 5.74) is 1.16. The highest BCUT2D eigenvalue weighted by atomic mass is 35.5. The van der Waals surface area contributed by atoms with Crippen molar-refractivity contribution < 1.29 is 4.79 Å². The molecule has 0 aliphatic heterocycles. The quantitative estimate of drug-likeness (QED) is 0.847. The van der Waals surface area contributed by atoms with Crippen LogP contribution in [0.1, 0.15) is 5.56 Å². The van der Waals surface area contributed by atoms with E-state index in [4.69, 9.17) is 11.6 Å². The summed E-state index contributed by atoms with van der Waals surface area (Å²) in [5.74, 6) is 0. The number of amides is 1. The van der Waals surface area contributed by atoms with Crippen LogP contribution in [0.4, 0.5) is 4.79 Å². The third-order valence-electron chi connectivity index (χ3n) is 2.55. The number of benzene rings is 2. The van der Waals surface area contributed by atoms with Crippen molar-refractivity contribution >= 4 is 28.6 Å². The SMILES string of the molecule is O=C(NCCc1ccc(Cl)cc1)Sc1ccccc1.